The van der Waals surface area contributed by atoms with Crippen molar-refractivity contribution in [3.63, 3.8) is 0 Å². The zero-order valence-electron chi connectivity index (χ0n) is 7.45. The van der Waals surface area contributed by atoms with Gasteiger partial charge in [-0.15, -0.1) is 10.2 Å². The summed E-state index contributed by atoms with van der Waals surface area (Å²) in [6, 6.07) is 3.88. The molecule has 2 aromatic heterocycles. The minimum atomic E-state index is 0.634. The second-order valence-electron chi connectivity index (χ2n) is 2.73. The highest BCUT2D eigenvalue weighted by Crippen LogP contribution is 2.20. The molecule has 2 heterocycles. The molecule has 0 aliphatic heterocycles. The number of nitrogens with one attached hydrogen (secondary N) is 1. The fraction of sp³-hybridized carbons (Fsp3) is 0.250. The van der Waals surface area contributed by atoms with Gasteiger partial charge in [0.2, 0.25) is 5.13 Å². The maximum Gasteiger partial charge on any atom is 0.206 e. The minimum Gasteiger partial charge on any atom is -0.465 e. The SMILES string of the molecule is Cc1ccc(CNc2nnc(Br)s2)o1. The van der Waals surface area contributed by atoms with Crippen molar-refractivity contribution in [2.45, 2.75) is 13.5 Å². The molecule has 0 amide bonds. The second kappa shape index (κ2) is 4.10. The van der Waals surface area contributed by atoms with Gasteiger partial charge in [0.05, 0.1) is 6.54 Å². The predicted molar refractivity (Wildman–Crippen MR) is 58.4 cm³/mol. The van der Waals surface area contributed by atoms with E-state index in [4.69, 9.17) is 4.42 Å². The maximum atomic E-state index is 5.39. The average Bonchev–Trinajstić information content (AvgIpc) is 2.72. The van der Waals surface area contributed by atoms with Crippen molar-refractivity contribution in [2.24, 2.45) is 0 Å². The van der Waals surface area contributed by atoms with Crippen LogP contribution in [0.3, 0.4) is 0 Å². The molecule has 0 radical (unpaired) electrons. The van der Waals surface area contributed by atoms with E-state index in [2.05, 4.69) is 31.4 Å². The van der Waals surface area contributed by atoms with Crippen molar-refractivity contribution < 1.29 is 4.42 Å². The highest BCUT2D eigenvalue weighted by atomic mass is 79.9. The van der Waals surface area contributed by atoms with Gasteiger partial charge in [-0.3, -0.25) is 0 Å². The summed E-state index contributed by atoms with van der Waals surface area (Å²) >= 11 is 4.70. The number of anilines is 1. The molecule has 74 valence electrons. The number of nitrogens with zero attached hydrogens (tertiary/aromatic N) is 2. The van der Waals surface area contributed by atoms with Gasteiger partial charge < -0.3 is 9.73 Å². The number of hydrogen-bond acceptors (Lipinski definition) is 5. The highest BCUT2D eigenvalue weighted by Gasteiger charge is 2.02. The van der Waals surface area contributed by atoms with Crippen LogP contribution in [-0.2, 0) is 6.54 Å². The smallest absolute Gasteiger partial charge is 0.206 e. The molecule has 0 saturated heterocycles. The Morgan fingerprint density at radius 2 is 2.36 bits per heavy atom. The highest BCUT2D eigenvalue weighted by molar-refractivity contribution is 9.11. The van der Waals surface area contributed by atoms with Crippen LogP contribution in [-0.4, -0.2) is 10.2 Å². The monoisotopic (exact) mass is 273 g/mol. The molecule has 0 aliphatic rings. The molecule has 0 unspecified atom stereocenters. The van der Waals surface area contributed by atoms with Gasteiger partial charge in [-0.25, -0.2) is 0 Å². The summed E-state index contributed by atoms with van der Waals surface area (Å²) in [5, 5.41) is 11.6. The van der Waals surface area contributed by atoms with E-state index in [0.29, 0.717) is 6.54 Å². The van der Waals surface area contributed by atoms with Crippen LogP contribution in [0.5, 0.6) is 0 Å². The number of hydrogen-bond donors (Lipinski definition) is 1. The Balaban J connectivity index is 1.94. The molecular formula is C8H8BrN3OS. The lowest BCUT2D eigenvalue weighted by atomic mass is 10.4. The molecule has 0 atom stereocenters. The Morgan fingerprint density at radius 1 is 1.50 bits per heavy atom. The van der Waals surface area contributed by atoms with Crippen molar-refractivity contribution >= 4 is 32.4 Å². The fourth-order valence-corrected chi connectivity index (χ4v) is 2.03. The van der Waals surface area contributed by atoms with Crippen LogP contribution < -0.4 is 5.32 Å². The van der Waals surface area contributed by atoms with Crippen molar-refractivity contribution in [3.05, 3.63) is 27.6 Å². The summed E-state index contributed by atoms with van der Waals surface area (Å²) in [6.07, 6.45) is 0. The molecule has 2 aromatic rings. The first-order chi connectivity index (χ1) is 6.74. The third-order valence-corrected chi connectivity index (χ3v) is 2.92. The zero-order chi connectivity index (χ0) is 9.97. The Labute approximate surface area is 93.5 Å². The van der Waals surface area contributed by atoms with Crippen LogP contribution in [0.1, 0.15) is 11.5 Å². The van der Waals surface area contributed by atoms with E-state index in [0.717, 1.165) is 20.6 Å². The summed E-state index contributed by atoms with van der Waals surface area (Å²) in [5.74, 6) is 1.81. The standard InChI is InChI=1S/C8H8BrN3OS/c1-5-2-3-6(13-5)4-10-8-12-11-7(9)14-8/h2-3H,4H2,1H3,(H,10,12). The quantitative estimate of drug-likeness (QED) is 0.935. The van der Waals surface area contributed by atoms with E-state index < -0.39 is 0 Å². The van der Waals surface area contributed by atoms with Crippen LogP contribution in [0.15, 0.2) is 20.5 Å². The van der Waals surface area contributed by atoms with Gasteiger partial charge in [-0.05, 0) is 35.0 Å². The predicted octanol–water partition coefficient (Wildman–Crippen LogP) is 2.81. The molecule has 0 bridgehead atoms. The van der Waals surface area contributed by atoms with Crippen LogP contribution in [0.25, 0.3) is 0 Å². The summed E-state index contributed by atoms with van der Waals surface area (Å²) in [6.45, 7) is 2.56. The second-order valence-corrected chi connectivity index (χ2v) is 4.98. The van der Waals surface area contributed by atoms with Crippen molar-refractivity contribution in [3.8, 4) is 0 Å². The fourth-order valence-electron chi connectivity index (χ4n) is 1.02. The topological polar surface area (TPSA) is 51.0 Å². The van der Waals surface area contributed by atoms with E-state index >= 15 is 0 Å². The first-order valence-electron chi connectivity index (χ1n) is 4.02. The molecule has 6 heteroatoms. The summed E-state index contributed by atoms with van der Waals surface area (Å²) < 4.78 is 6.17. The molecule has 0 fully saturated rings. The molecule has 0 saturated carbocycles. The lowest BCUT2D eigenvalue weighted by Gasteiger charge is -1.96. The van der Waals surface area contributed by atoms with Gasteiger partial charge >= 0.3 is 0 Å². The largest absolute Gasteiger partial charge is 0.465 e. The van der Waals surface area contributed by atoms with E-state index in [1.54, 1.807) is 0 Å². The Hall–Kier alpha value is -0.880. The summed E-state index contributed by atoms with van der Waals surface area (Å²) in [7, 11) is 0. The Bertz CT molecular complexity index is 385. The molecule has 0 aliphatic carbocycles. The number of halogens is 1. The van der Waals surface area contributed by atoms with Gasteiger partial charge in [-0.2, -0.15) is 0 Å². The number of aromatic nitrogens is 2. The lowest BCUT2D eigenvalue weighted by Crippen LogP contribution is -1.97. The van der Waals surface area contributed by atoms with Crippen LogP contribution in [0.4, 0.5) is 5.13 Å². The van der Waals surface area contributed by atoms with Gasteiger partial charge in [0.25, 0.3) is 0 Å². The van der Waals surface area contributed by atoms with E-state index in [-0.39, 0.29) is 0 Å². The third kappa shape index (κ3) is 2.33. The van der Waals surface area contributed by atoms with E-state index in [1.807, 2.05) is 19.1 Å². The molecule has 14 heavy (non-hydrogen) atoms. The average molecular weight is 274 g/mol. The summed E-state index contributed by atoms with van der Waals surface area (Å²) in [5.41, 5.74) is 0. The van der Waals surface area contributed by atoms with E-state index in [9.17, 15) is 0 Å². The van der Waals surface area contributed by atoms with Crippen molar-refractivity contribution in [1.29, 1.82) is 0 Å². The Kier molecular flexibility index (Phi) is 2.83. The molecule has 0 spiro atoms. The minimum absolute atomic E-state index is 0.634. The van der Waals surface area contributed by atoms with E-state index in [1.165, 1.54) is 11.3 Å². The molecule has 0 aromatic carbocycles. The molecule has 2 rings (SSSR count). The first-order valence-corrected chi connectivity index (χ1v) is 5.63. The normalized spacial score (nSPS) is 10.4. The maximum absolute atomic E-state index is 5.39. The number of aryl methyl sites for hydroxylation is 1. The molecule has 4 nitrogen and oxygen atoms in total. The van der Waals surface area contributed by atoms with Gasteiger partial charge in [0, 0.05) is 0 Å². The zero-order valence-corrected chi connectivity index (χ0v) is 9.85. The van der Waals surface area contributed by atoms with Crippen LogP contribution in [0, 0.1) is 6.92 Å². The number of rotatable bonds is 3. The lowest BCUT2D eigenvalue weighted by molar-refractivity contribution is 0.490. The Morgan fingerprint density at radius 3 is 2.93 bits per heavy atom. The van der Waals surface area contributed by atoms with Crippen molar-refractivity contribution in [1.82, 2.24) is 10.2 Å². The third-order valence-electron chi connectivity index (χ3n) is 1.61. The summed E-state index contributed by atoms with van der Waals surface area (Å²) in [4.78, 5) is 0. The molecule has 1 N–H and O–H groups in total. The van der Waals surface area contributed by atoms with Crippen LogP contribution >= 0.6 is 27.3 Å². The first kappa shape index (κ1) is 9.67. The van der Waals surface area contributed by atoms with Gasteiger partial charge in [0.15, 0.2) is 3.92 Å². The number of furan rings is 1. The van der Waals surface area contributed by atoms with Crippen molar-refractivity contribution in [2.75, 3.05) is 5.32 Å². The molecular weight excluding hydrogens is 266 g/mol. The van der Waals surface area contributed by atoms with Gasteiger partial charge in [0.1, 0.15) is 11.5 Å². The van der Waals surface area contributed by atoms with Crippen LogP contribution in [0.2, 0.25) is 0 Å². The van der Waals surface area contributed by atoms with Gasteiger partial charge in [-0.1, -0.05) is 11.3 Å².